The molecule has 7 heteroatoms. The van der Waals surface area contributed by atoms with Gasteiger partial charge in [-0.1, -0.05) is 17.7 Å². The van der Waals surface area contributed by atoms with Crippen molar-refractivity contribution in [3.8, 4) is 0 Å². The van der Waals surface area contributed by atoms with Gasteiger partial charge in [0.25, 0.3) is 5.91 Å². The third kappa shape index (κ3) is 6.06. The summed E-state index contributed by atoms with van der Waals surface area (Å²) < 4.78 is 4.97. The van der Waals surface area contributed by atoms with Gasteiger partial charge in [-0.05, 0) is 37.8 Å². The van der Waals surface area contributed by atoms with Gasteiger partial charge in [-0.2, -0.15) is 0 Å². The van der Waals surface area contributed by atoms with Crippen LogP contribution in [0.2, 0.25) is 0 Å². The molecule has 1 saturated heterocycles. The van der Waals surface area contributed by atoms with Crippen LogP contribution < -0.4 is 10.6 Å². The lowest BCUT2D eigenvalue weighted by Gasteiger charge is -2.35. The van der Waals surface area contributed by atoms with Crippen LogP contribution >= 0.6 is 0 Å². The minimum atomic E-state index is -0.634. The lowest BCUT2D eigenvalue weighted by molar-refractivity contribution is -0.130. The molecule has 1 aromatic carbocycles. The average Bonchev–Trinajstić information content (AvgIpc) is 2.66. The van der Waals surface area contributed by atoms with Gasteiger partial charge in [0.05, 0.1) is 6.61 Å². The summed E-state index contributed by atoms with van der Waals surface area (Å²) in [6.07, 6.45) is 1.35. The van der Waals surface area contributed by atoms with Gasteiger partial charge in [0.15, 0.2) is 0 Å². The molecule has 1 aliphatic rings. The highest BCUT2D eigenvalue weighted by molar-refractivity contribution is 5.97. The molecule has 0 radical (unpaired) electrons. The van der Waals surface area contributed by atoms with E-state index >= 15 is 0 Å². The van der Waals surface area contributed by atoms with Gasteiger partial charge < -0.3 is 20.3 Å². The molecule has 0 aliphatic carbocycles. The molecule has 0 aromatic heterocycles. The number of ether oxygens (including phenoxy) is 1. The Labute approximate surface area is 160 Å². The largest absolute Gasteiger partial charge is 0.383 e. The topological polar surface area (TPSA) is 87.7 Å². The van der Waals surface area contributed by atoms with Crippen molar-refractivity contribution >= 4 is 17.7 Å². The number of methoxy groups -OCH3 is 1. The number of amides is 3. The van der Waals surface area contributed by atoms with Crippen molar-refractivity contribution in [3.05, 3.63) is 35.4 Å². The molecule has 1 fully saturated rings. The van der Waals surface area contributed by atoms with Gasteiger partial charge in [0, 0.05) is 39.2 Å². The molecule has 0 unspecified atom stereocenters. The van der Waals surface area contributed by atoms with E-state index in [1.54, 1.807) is 31.1 Å². The summed E-state index contributed by atoms with van der Waals surface area (Å²) in [5, 5.41) is 5.72. The van der Waals surface area contributed by atoms with Crippen LogP contribution in [0, 0.1) is 12.8 Å². The lowest BCUT2D eigenvalue weighted by atomic mass is 9.88. The predicted molar refractivity (Wildman–Crippen MR) is 102 cm³/mol. The Morgan fingerprint density at radius 2 is 1.81 bits per heavy atom. The highest BCUT2D eigenvalue weighted by Crippen LogP contribution is 2.21. The Bertz CT molecular complexity index is 652. The predicted octanol–water partition coefficient (Wildman–Crippen LogP) is 1.11. The first-order valence-corrected chi connectivity index (χ1v) is 9.32. The molecule has 1 aliphatic heterocycles. The van der Waals surface area contributed by atoms with E-state index in [-0.39, 0.29) is 23.6 Å². The molecule has 0 bridgehead atoms. The fourth-order valence-corrected chi connectivity index (χ4v) is 3.26. The molecule has 3 amide bonds. The molecule has 1 atom stereocenters. The highest BCUT2D eigenvalue weighted by Gasteiger charge is 2.33. The number of nitrogens with one attached hydrogen (secondary N) is 2. The number of piperidine rings is 1. The minimum absolute atomic E-state index is 0.0162. The van der Waals surface area contributed by atoms with Gasteiger partial charge in [-0.3, -0.25) is 14.4 Å². The van der Waals surface area contributed by atoms with E-state index in [1.807, 2.05) is 19.1 Å². The van der Waals surface area contributed by atoms with E-state index in [4.69, 9.17) is 4.74 Å². The van der Waals surface area contributed by atoms with E-state index < -0.39 is 6.04 Å². The number of carbonyl (C=O) groups is 3. The number of aryl methyl sites for hydroxylation is 1. The summed E-state index contributed by atoms with van der Waals surface area (Å²) in [5.41, 5.74) is 1.59. The Morgan fingerprint density at radius 1 is 1.19 bits per heavy atom. The Balaban J connectivity index is 2.07. The molecule has 1 heterocycles. The number of benzene rings is 1. The number of rotatable bonds is 7. The fraction of sp³-hybridized carbons (Fsp3) is 0.550. The molecule has 148 valence electrons. The number of nitrogens with zero attached hydrogens (tertiary/aromatic N) is 1. The van der Waals surface area contributed by atoms with Crippen molar-refractivity contribution < 1.29 is 19.1 Å². The molecule has 2 rings (SSSR count). The van der Waals surface area contributed by atoms with E-state index in [9.17, 15) is 14.4 Å². The highest BCUT2D eigenvalue weighted by atomic mass is 16.5. The van der Waals surface area contributed by atoms with E-state index in [2.05, 4.69) is 10.6 Å². The number of likely N-dealkylation sites (tertiary alicyclic amines) is 1. The lowest BCUT2D eigenvalue weighted by Crippen LogP contribution is -2.54. The zero-order valence-corrected chi connectivity index (χ0v) is 16.3. The van der Waals surface area contributed by atoms with E-state index in [0.717, 1.165) is 5.56 Å². The maximum absolute atomic E-state index is 12.7. The van der Waals surface area contributed by atoms with Crippen LogP contribution in [0.5, 0.6) is 0 Å². The molecular weight excluding hydrogens is 346 g/mol. The monoisotopic (exact) mass is 375 g/mol. The zero-order chi connectivity index (χ0) is 19.8. The summed E-state index contributed by atoms with van der Waals surface area (Å²) in [5.74, 6) is -0.458. The summed E-state index contributed by atoms with van der Waals surface area (Å²) in [7, 11) is 1.57. The van der Waals surface area contributed by atoms with Crippen LogP contribution in [0.15, 0.2) is 24.3 Å². The third-order valence-electron chi connectivity index (χ3n) is 4.94. The fourth-order valence-electron chi connectivity index (χ4n) is 3.26. The summed E-state index contributed by atoms with van der Waals surface area (Å²) >= 11 is 0. The smallest absolute Gasteiger partial charge is 0.251 e. The Morgan fingerprint density at radius 3 is 2.37 bits per heavy atom. The average molecular weight is 375 g/mol. The first-order valence-electron chi connectivity index (χ1n) is 9.32. The molecule has 0 saturated carbocycles. The Kier molecular flexibility index (Phi) is 7.79. The number of hydrogen-bond donors (Lipinski definition) is 2. The second-order valence-corrected chi connectivity index (χ2v) is 6.94. The van der Waals surface area contributed by atoms with Crippen molar-refractivity contribution in [1.29, 1.82) is 0 Å². The molecule has 2 N–H and O–H groups in total. The summed E-state index contributed by atoms with van der Waals surface area (Å²) in [4.78, 5) is 38.6. The van der Waals surface area contributed by atoms with Gasteiger partial charge in [-0.25, -0.2) is 0 Å². The van der Waals surface area contributed by atoms with Crippen LogP contribution in [0.3, 0.4) is 0 Å². The second kappa shape index (κ2) is 10.1. The van der Waals surface area contributed by atoms with Gasteiger partial charge in [-0.15, -0.1) is 0 Å². The van der Waals surface area contributed by atoms with Crippen molar-refractivity contribution in [3.63, 3.8) is 0 Å². The van der Waals surface area contributed by atoms with Gasteiger partial charge in [0.2, 0.25) is 11.8 Å². The molecule has 7 nitrogen and oxygen atoms in total. The number of hydrogen-bond acceptors (Lipinski definition) is 4. The maximum atomic E-state index is 12.7. The van der Waals surface area contributed by atoms with Crippen LogP contribution in [-0.4, -0.2) is 62.0 Å². The first-order chi connectivity index (χ1) is 12.9. The normalized spacial score (nSPS) is 15.9. The summed E-state index contributed by atoms with van der Waals surface area (Å²) in [6.45, 7) is 5.50. The van der Waals surface area contributed by atoms with Crippen LogP contribution in [-0.2, 0) is 14.3 Å². The van der Waals surface area contributed by atoms with Crippen molar-refractivity contribution in [2.75, 3.05) is 33.4 Å². The van der Waals surface area contributed by atoms with Crippen LogP contribution in [0.4, 0.5) is 0 Å². The Hall–Kier alpha value is -2.41. The molecule has 0 spiro atoms. The standard InChI is InChI=1S/C20H29N3O4/c1-14-4-6-17(7-5-14)19(25)22-18(20(26)21-10-13-27-3)16-8-11-23(12-9-16)15(2)24/h4-7,16,18H,8-13H2,1-3H3,(H,21,26)(H,22,25)/t18-/m1/s1. The zero-order valence-electron chi connectivity index (χ0n) is 16.3. The van der Waals surface area contributed by atoms with Gasteiger partial charge >= 0.3 is 0 Å². The molecule has 1 aromatic rings. The van der Waals surface area contributed by atoms with E-state index in [1.165, 1.54) is 0 Å². The first kappa shape index (κ1) is 20.9. The molecule has 27 heavy (non-hydrogen) atoms. The third-order valence-corrected chi connectivity index (χ3v) is 4.94. The van der Waals surface area contributed by atoms with Crippen molar-refractivity contribution in [2.24, 2.45) is 5.92 Å². The van der Waals surface area contributed by atoms with Crippen LogP contribution in [0.1, 0.15) is 35.7 Å². The second-order valence-electron chi connectivity index (χ2n) is 6.94. The van der Waals surface area contributed by atoms with Crippen molar-refractivity contribution in [2.45, 2.75) is 32.7 Å². The maximum Gasteiger partial charge on any atom is 0.251 e. The SMILES string of the molecule is COCCNC(=O)[C@H](NC(=O)c1ccc(C)cc1)C1CCN(C(C)=O)CC1. The van der Waals surface area contributed by atoms with E-state index in [0.29, 0.717) is 44.6 Å². The van der Waals surface area contributed by atoms with Crippen molar-refractivity contribution in [1.82, 2.24) is 15.5 Å². The summed E-state index contributed by atoms with van der Waals surface area (Å²) in [6, 6.07) is 6.61. The number of carbonyl (C=O) groups excluding carboxylic acids is 3. The quantitative estimate of drug-likeness (QED) is 0.699. The van der Waals surface area contributed by atoms with Crippen LogP contribution in [0.25, 0.3) is 0 Å². The molecular formula is C20H29N3O4. The minimum Gasteiger partial charge on any atom is -0.383 e. The van der Waals surface area contributed by atoms with Gasteiger partial charge in [0.1, 0.15) is 6.04 Å².